The second kappa shape index (κ2) is 7.69. The molecular weight excluding hydrogens is 348 g/mol. The van der Waals surface area contributed by atoms with Crippen LogP contribution in [-0.4, -0.2) is 27.8 Å². The van der Waals surface area contributed by atoms with Gasteiger partial charge in [-0.1, -0.05) is 24.3 Å². The highest BCUT2D eigenvalue weighted by atomic mass is 16.6. The summed E-state index contributed by atoms with van der Waals surface area (Å²) in [5.41, 5.74) is 2.00. The molecule has 138 valence electrons. The van der Waals surface area contributed by atoms with E-state index in [1.807, 2.05) is 24.3 Å². The fraction of sp³-hybridized carbons (Fsp3) is 0.158. The van der Waals surface area contributed by atoms with Crippen LogP contribution in [0, 0.1) is 10.1 Å². The maximum atomic E-state index is 12.7. The molecule has 0 aliphatic carbocycles. The molecule has 8 nitrogen and oxygen atoms in total. The van der Waals surface area contributed by atoms with Crippen molar-refractivity contribution in [1.82, 2.24) is 10.3 Å². The molecule has 0 saturated carbocycles. The minimum absolute atomic E-state index is 0.125. The Hall–Kier alpha value is -3.68. The Labute approximate surface area is 154 Å². The van der Waals surface area contributed by atoms with Crippen molar-refractivity contribution in [1.29, 1.82) is 0 Å². The van der Waals surface area contributed by atoms with Crippen LogP contribution in [0.1, 0.15) is 12.5 Å². The number of amides is 2. The maximum absolute atomic E-state index is 12.7. The monoisotopic (exact) mass is 366 g/mol. The lowest BCUT2D eigenvalue weighted by atomic mass is 10.0. The lowest BCUT2D eigenvalue weighted by Crippen LogP contribution is -2.44. The molecule has 27 heavy (non-hydrogen) atoms. The number of nitro benzene ring substituents is 1. The first kappa shape index (κ1) is 18.1. The number of nitrogens with one attached hydrogen (secondary N) is 3. The molecule has 0 aliphatic heterocycles. The van der Waals surface area contributed by atoms with Crippen LogP contribution in [0.25, 0.3) is 10.9 Å². The number of benzene rings is 2. The zero-order chi connectivity index (χ0) is 19.4. The molecule has 0 radical (unpaired) electrons. The van der Waals surface area contributed by atoms with Crippen molar-refractivity contribution < 1.29 is 14.5 Å². The van der Waals surface area contributed by atoms with Gasteiger partial charge in [-0.3, -0.25) is 19.7 Å². The van der Waals surface area contributed by atoms with E-state index in [9.17, 15) is 19.7 Å². The molecular formula is C19H18N4O4. The number of para-hydroxylation sites is 1. The number of fused-ring (bicyclic) bond motifs is 1. The number of hydrogen-bond acceptors (Lipinski definition) is 4. The highest BCUT2D eigenvalue weighted by Crippen LogP contribution is 2.21. The number of H-pyrrole nitrogens is 1. The minimum Gasteiger partial charge on any atom is -0.361 e. The molecule has 1 atom stereocenters. The summed E-state index contributed by atoms with van der Waals surface area (Å²) in [6.45, 7) is 1.34. The number of aromatic nitrogens is 1. The first-order valence-corrected chi connectivity index (χ1v) is 8.31. The number of anilines is 1. The third kappa shape index (κ3) is 4.30. The van der Waals surface area contributed by atoms with Gasteiger partial charge in [0, 0.05) is 48.3 Å². The van der Waals surface area contributed by atoms with Gasteiger partial charge in [-0.15, -0.1) is 0 Å². The molecule has 1 aromatic heterocycles. The van der Waals surface area contributed by atoms with Gasteiger partial charge in [0.25, 0.3) is 5.69 Å². The van der Waals surface area contributed by atoms with E-state index >= 15 is 0 Å². The molecule has 0 aliphatic rings. The van der Waals surface area contributed by atoms with Crippen LogP contribution in [-0.2, 0) is 16.0 Å². The fourth-order valence-corrected chi connectivity index (χ4v) is 2.90. The number of hydrogen-bond donors (Lipinski definition) is 3. The molecule has 0 fully saturated rings. The Morgan fingerprint density at radius 2 is 1.96 bits per heavy atom. The van der Waals surface area contributed by atoms with Gasteiger partial charge < -0.3 is 15.6 Å². The number of nitrogens with zero attached hydrogens (tertiary/aromatic N) is 1. The van der Waals surface area contributed by atoms with Crippen LogP contribution in [0.2, 0.25) is 0 Å². The highest BCUT2D eigenvalue weighted by Gasteiger charge is 2.22. The Kier molecular flexibility index (Phi) is 5.16. The Morgan fingerprint density at radius 1 is 1.19 bits per heavy atom. The van der Waals surface area contributed by atoms with E-state index < -0.39 is 16.9 Å². The van der Waals surface area contributed by atoms with E-state index in [1.54, 1.807) is 12.3 Å². The SMILES string of the molecule is CC(=O)NC(Cc1c[nH]c2ccccc12)C(=O)Nc1cccc([N+](=O)[O-])c1. The molecule has 8 heteroatoms. The average molecular weight is 366 g/mol. The molecule has 1 unspecified atom stereocenters. The molecule has 2 aromatic carbocycles. The number of nitro groups is 1. The van der Waals surface area contributed by atoms with E-state index in [1.165, 1.54) is 25.1 Å². The van der Waals surface area contributed by atoms with Gasteiger partial charge in [-0.2, -0.15) is 0 Å². The molecule has 3 aromatic rings. The van der Waals surface area contributed by atoms with Crippen LogP contribution >= 0.6 is 0 Å². The van der Waals surface area contributed by atoms with Crippen molar-refractivity contribution in [2.75, 3.05) is 5.32 Å². The van der Waals surface area contributed by atoms with Crippen molar-refractivity contribution in [3.8, 4) is 0 Å². The Bertz CT molecular complexity index is 1010. The van der Waals surface area contributed by atoms with Crippen molar-refractivity contribution in [2.45, 2.75) is 19.4 Å². The van der Waals surface area contributed by atoms with Gasteiger partial charge in [0.2, 0.25) is 11.8 Å². The largest absolute Gasteiger partial charge is 0.361 e. The van der Waals surface area contributed by atoms with Gasteiger partial charge >= 0.3 is 0 Å². The normalized spacial score (nSPS) is 11.7. The lowest BCUT2D eigenvalue weighted by molar-refractivity contribution is -0.384. The molecule has 0 bridgehead atoms. The van der Waals surface area contributed by atoms with E-state index in [2.05, 4.69) is 15.6 Å². The highest BCUT2D eigenvalue weighted by molar-refractivity contribution is 5.98. The van der Waals surface area contributed by atoms with E-state index in [0.29, 0.717) is 5.69 Å². The standard InChI is InChI=1S/C19H18N4O4/c1-12(24)21-18(9-13-11-20-17-8-3-2-7-16(13)17)19(25)22-14-5-4-6-15(10-14)23(26)27/h2-8,10-11,18,20H,9H2,1H3,(H,21,24)(H,22,25). The van der Waals surface area contributed by atoms with Crippen LogP contribution in [0.4, 0.5) is 11.4 Å². The van der Waals surface area contributed by atoms with Crippen molar-refractivity contribution in [2.24, 2.45) is 0 Å². The van der Waals surface area contributed by atoms with Gasteiger partial charge in [0.1, 0.15) is 6.04 Å². The quantitative estimate of drug-likeness (QED) is 0.459. The summed E-state index contributed by atoms with van der Waals surface area (Å²) in [4.78, 5) is 37.7. The smallest absolute Gasteiger partial charge is 0.271 e. The minimum atomic E-state index is -0.819. The number of aromatic amines is 1. The number of non-ortho nitro benzene ring substituents is 1. The summed E-state index contributed by atoms with van der Waals surface area (Å²) >= 11 is 0. The van der Waals surface area contributed by atoms with Gasteiger partial charge in [0.15, 0.2) is 0 Å². The zero-order valence-electron chi connectivity index (χ0n) is 14.6. The molecule has 0 saturated heterocycles. The van der Waals surface area contributed by atoms with Gasteiger partial charge in [-0.05, 0) is 17.7 Å². The second-order valence-corrected chi connectivity index (χ2v) is 6.11. The first-order valence-electron chi connectivity index (χ1n) is 8.31. The van der Waals surface area contributed by atoms with Crippen LogP contribution in [0.3, 0.4) is 0 Å². The van der Waals surface area contributed by atoms with Gasteiger partial charge in [-0.25, -0.2) is 0 Å². The van der Waals surface area contributed by atoms with E-state index in [4.69, 9.17) is 0 Å². The summed E-state index contributed by atoms with van der Waals surface area (Å²) in [6.07, 6.45) is 2.09. The van der Waals surface area contributed by atoms with Crippen molar-refractivity contribution in [3.05, 3.63) is 70.4 Å². The zero-order valence-corrected chi connectivity index (χ0v) is 14.6. The van der Waals surface area contributed by atoms with Crippen LogP contribution in [0.15, 0.2) is 54.7 Å². The number of rotatable bonds is 6. The number of carbonyl (C=O) groups is 2. The third-order valence-electron chi connectivity index (χ3n) is 4.12. The van der Waals surface area contributed by atoms with Crippen molar-refractivity contribution >= 4 is 34.1 Å². The molecule has 1 heterocycles. The van der Waals surface area contributed by atoms with Crippen LogP contribution in [0.5, 0.6) is 0 Å². The van der Waals surface area contributed by atoms with E-state index in [0.717, 1.165) is 16.5 Å². The summed E-state index contributed by atoms with van der Waals surface area (Å²) in [5.74, 6) is -0.787. The molecule has 2 amide bonds. The van der Waals surface area contributed by atoms with Crippen LogP contribution < -0.4 is 10.6 Å². The molecule has 3 N–H and O–H groups in total. The third-order valence-corrected chi connectivity index (χ3v) is 4.12. The number of carbonyl (C=O) groups excluding carboxylic acids is 2. The topological polar surface area (TPSA) is 117 Å². The summed E-state index contributed by atoms with van der Waals surface area (Å²) in [5, 5.41) is 17.1. The summed E-state index contributed by atoms with van der Waals surface area (Å²) in [6, 6.07) is 12.5. The average Bonchev–Trinajstić information content (AvgIpc) is 3.04. The molecule has 0 spiro atoms. The fourth-order valence-electron chi connectivity index (χ4n) is 2.90. The summed E-state index contributed by atoms with van der Waals surface area (Å²) < 4.78 is 0. The van der Waals surface area contributed by atoms with Gasteiger partial charge in [0.05, 0.1) is 4.92 Å². The van der Waals surface area contributed by atoms with E-state index in [-0.39, 0.29) is 18.0 Å². The first-order chi connectivity index (χ1) is 12.9. The predicted molar refractivity (Wildman–Crippen MR) is 101 cm³/mol. The Balaban J connectivity index is 1.81. The lowest BCUT2D eigenvalue weighted by Gasteiger charge is -2.17. The second-order valence-electron chi connectivity index (χ2n) is 6.11. The van der Waals surface area contributed by atoms with Crippen molar-refractivity contribution in [3.63, 3.8) is 0 Å². The predicted octanol–water partition coefficient (Wildman–Crippen LogP) is 2.76. The summed E-state index contributed by atoms with van der Waals surface area (Å²) in [7, 11) is 0. The molecule has 3 rings (SSSR count). The maximum Gasteiger partial charge on any atom is 0.271 e. The Morgan fingerprint density at radius 3 is 2.70 bits per heavy atom.